The van der Waals surface area contributed by atoms with Crippen molar-refractivity contribution in [1.82, 2.24) is 25.1 Å². The zero-order valence-electron chi connectivity index (χ0n) is 18.8. The fraction of sp³-hybridized carbons (Fsp3) is 0.292. The van der Waals surface area contributed by atoms with E-state index in [1.807, 2.05) is 37.4 Å². The van der Waals surface area contributed by atoms with Gasteiger partial charge < -0.3 is 19.9 Å². The smallest absolute Gasteiger partial charge is 0.407 e. The molecule has 0 radical (unpaired) electrons. The van der Waals surface area contributed by atoms with Crippen LogP contribution in [0.15, 0.2) is 59.6 Å². The molecule has 1 aromatic carbocycles. The van der Waals surface area contributed by atoms with E-state index in [9.17, 15) is 4.79 Å². The number of carbonyl (C=O) groups is 1. The van der Waals surface area contributed by atoms with Gasteiger partial charge in [0.15, 0.2) is 5.75 Å². The van der Waals surface area contributed by atoms with E-state index < -0.39 is 6.09 Å². The third-order valence-electron chi connectivity index (χ3n) is 6.02. The molecule has 0 saturated carbocycles. The summed E-state index contributed by atoms with van der Waals surface area (Å²) in [6, 6.07) is 10.4. The summed E-state index contributed by atoms with van der Waals surface area (Å²) in [5, 5.41) is 11.4. The zero-order chi connectivity index (χ0) is 23.5. The van der Waals surface area contributed by atoms with E-state index in [4.69, 9.17) is 4.74 Å². The van der Waals surface area contributed by atoms with E-state index in [1.54, 1.807) is 23.3 Å². The average molecular weight is 524 g/mol. The Labute approximate surface area is 205 Å². The molecule has 1 aliphatic heterocycles. The van der Waals surface area contributed by atoms with Crippen molar-refractivity contribution in [1.29, 1.82) is 0 Å². The lowest BCUT2D eigenvalue weighted by atomic mass is 10.0. The van der Waals surface area contributed by atoms with Gasteiger partial charge in [-0.05, 0) is 41.4 Å². The molecular formula is C24H26BrN7O2. The number of nitrogens with one attached hydrogen (secondary N) is 3. The number of likely N-dealkylation sites (N-methyl/N-ethyl adjacent to an activating group) is 1. The highest BCUT2D eigenvalue weighted by molar-refractivity contribution is 9.10. The van der Waals surface area contributed by atoms with Gasteiger partial charge in [0.05, 0.1) is 40.2 Å². The molecule has 4 heterocycles. The first-order chi connectivity index (χ1) is 16.6. The maximum absolute atomic E-state index is 12.7. The first-order valence-electron chi connectivity index (χ1n) is 11.2. The predicted octanol–water partition coefficient (Wildman–Crippen LogP) is 4.37. The summed E-state index contributed by atoms with van der Waals surface area (Å²) >= 11 is 3.67. The normalized spacial score (nSPS) is 16.1. The number of H-pyrrole nitrogens is 1. The first kappa shape index (κ1) is 22.4. The molecule has 10 heteroatoms. The highest BCUT2D eigenvalue weighted by Crippen LogP contribution is 2.39. The molecule has 9 nitrogen and oxygen atoms in total. The molecule has 0 unspecified atom stereocenters. The number of hydrogen-bond acceptors (Lipinski definition) is 6. The number of aromatic amines is 1. The van der Waals surface area contributed by atoms with Crippen LogP contribution >= 0.6 is 15.9 Å². The van der Waals surface area contributed by atoms with Gasteiger partial charge in [-0.3, -0.25) is 10.00 Å². The Kier molecular flexibility index (Phi) is 6.50. The highest BCUT2D eigenvalue weighted by Gasteiger charge is 2.25. The van der Waals surface area contributed by atoms with Crippen molar-refractivity contribution in [3.05, 3.63) is 65.2 Å². The van der Waals surface area contributed by atoms with Crippen molar-refractivity contribution in [3.8, 4) is 5.75 Å². The number of aromatic nitrogens is 4. The molecule has 1 amide bonds. The number of anilines is 2. The second kappa shape index (κ2) is 9.86. The summed E-state index contributed by atoms with van der Waals surface area (Å²) in [5.74, 6) is 0.376. The van der Waals surface area contributed by atoms with E-state index >= 15 is 0 Å². The number of nitrogens with zero attached hydrogens (tertiary/aromatic N) is 4. The van der Waals surface area contributed by atoms with Crippen LogP contribution in [0.4, 0.5) is 16.2 Å². The Morgan fingerprint density at radius 2 is 2.15 bits per heavy atom. The number of ether oxygens (including phenoxy) is 1. The van der Waals surface area contributed by atoms with Gasteiger partial charge in [-0.25, -0.2) is 9.78 Å². The summed E-state index contributed by atoms with van der Waals surface area (Å²) in [5.41, 5.74) is 3.45. The van der Waals surface area contributed by atoms with Gasteiger partial charge in [-0.2, -0.15) is 5.10 Å². The monoisotopic (exact) mass is 523 g/mol. The van der Waals surface area contributed by atoms with Crippen molar-refractivity contribution in [2.45, 2.75) is 25.4 Å². The summed E-state index contributed by atoms with van der Waals surface area (Å²) in [4.78, 5) is 22.7. The molecule has 4 aromatic rings. The van der Waals surface area contributed by atoms with Crippen LogP contribution in [0.5, 0.6) is 5.75 Å². The summed E-state index contributed by atoms with van der Waals surface area (Å²) < 4.78 is 8.12. The molecule has 3 aromatic heterocycles. The largest absolute Gasteiger partial charge is 0.417 e. The van der Waals surface area contributed by atoms with Gasteiger partial charge in [-0.15, -0.1) is 0 Å². The van der Waals surface area contributed by atoms with Crippen LogP contribution in [-0.4, -0.2) is 52.0 Å². The minimum absolute atomic E-state index is 0.376. The minimum atomic E-state index is -0.585. The van der Waals surface area contributed by atoms with Crippen LogP contribution in [0.2, 0.25) is 0 Å². The van der Waals surface area contributed by atoms with Gasteiger partial charge in [0.25, 0.3) is 0 Å². The second-order valence-electron chi connectivity index (χ2n) is 8.33. The summed E-state index contributed by atoms with van der Waals surface area (Å²) in [6.45, 7) is 2.41. The van der Waals surface area contributed by atoms with E-state index in [0.29, 0.717) is 29.7 Å². The Bertz CT molecular complexity index is 1290. The van der Waals surface area contributed by atoms with Crippen molar-refractivity contribution in [2.24, 2.45) is 0 Å². The number of piperidine rings is 1. The molecule has 1 saturated heterocycles. The molecule has 176 valence electrons. The van der Waals surface area contributed by atoms with Crippen LogP contribution in [-0.2, 0) is 6.54 Å². The standard InChI is InChI=1S/C24H26BrN7O2/c1-26-17-8-5-9-31(14-17)22-19(25)11-27-23-21(22)20(12-28-23)30-24(33)34-18-10-29-32(15-18)13-16-6-3-2-4-7-16/h2-4,6-7,10-12,15,17,26H,5,8-9,13-14H2,1H3,(H,27,28)(H,30,33)/t17-/m1/s1. The molecule has 0 aliphatic carbocycles. The van der Waals surface area contributed by atoms with Gasteiger partial charge in [-0.1, -0.05) is 30.3 Å². The quantitative estimate of drug-likeness (QED) is 0.347. The fourth-order valence-electron chi connectivity index (χ4n) is 4.38. The lowest BCUT2D eigenvalue weighted by molar-refractivity contribution is 0.215. The van der Waals surface area contributed by atoms with Crippen LogP contribution in [0.1, 0.15) is 18.4 Å². The number of hydrogen-bond donors (Lipinski definition) is 3. The average Bonchev–Trinajstić information content (AvgIpc) is 3.46. The summed E-state index contributed by atoms with van der Waals surface area (Å²) in [6.07, 6.45) is 8.42. The van der Waals surface area contributed by atoms with Gasteiger partial charge in [0.2, 0.25) is 0 Å². The first-order valence-corrected chi connectivity index (χ1v) is 12.0. The maximum Gasteiger partial charge on any atom is 0.417 e. The van der Waals surface area contributed by atoms with Gasteiger partial charge >= 0.3 is 6.09 Å². The number of halogens is 1. The van der Waals surface area contributed by atoms with E-state index in [0.717, 1.165) is 47.0 Å². The third-order valence-corrected chi connectivity index (χ3v) is 6.60. The number of rotatable bonds is 6. The number of fused-ring (bicyclic) bond motifs is 1. The number of carbonyl (C=O) groups excluding carboxylic acids is 1. The molecular weight excluding hydrogens is 498 g/mol. The number of benzene rings is 1. The Balaban J connectivity index is 1.33. The highest BCUT2D eigenvalue weighted by atomic mass is 79.9. The van der Waals surface area contributed by atoms with Crippen molar-refractivity contribution < 1.29 is 9.53 Å². The molecule has 1 atom stereocenters. The van der Waals surface area contributed by atoms with Crippen LogP contribution in [0, 0.1) is 0 Å². The lowest BCUT2D eigenvalue weighted by Gasteiger charge is -2.35. The number of amides is 1. The number of pyridine rings is 1. The van der Waals surface area contributed by atoms with E-state index in [1.165, 1.54) is 6.20 Å². The molecule has 34 heavy (non-hydrogen) atoms. The van der Waals surface area contributed by atoms with Crippen molar-refractivity contribution in [3.63, 3.8) is 0 Å². The van der Waals surface area contributed by atoms with E-state index in [2.05, 4.69) is 46.5 Å². The van der Waals surface area contributed by atoms with Gasteiger partial charge in [0, 0.05) is 31.5 Å². The Morgan fingerprint density at radius 1 is 1.29 bits per heavy atom. The molecule has 1 aliphatic rings. The fourth-order valence-corrected chi connectivity index (χ4v) is 4.93. The zero-order valence-corrected chi connectivity index (χ0v) is 20.4. The predicted molar refractivity (Wildman–Crippen MR) is 136 cm³/mol. The van der Waals surface area contributed by atoms with E-state index in [-0.39, 0.29) is 0 Å². The van der Waals surface area contributed by atoms with Crippen LogP contribution in [0.3, 0.4) is 0 Å². The lowest BCUT2D eigenvalue weighted by Crippen LogP contribution is -2.44. The molecule has 1 fully saturated rings. The summed E-state index contributed by atoms with van der Waals surface area (Å²) in [7, 11) is 1.99. The molecule has 0 bridgehead atoms. The van der Waals surface area contributed by atoms with Gasteiger partial charge in [0.1, 0.15) is 5.65 Å². The topological polar surface area (TPSA) is 100 Å². The maximum atomic E-state index is 12.7. The Morgan fingerprint density at radius 3 is 2.97 bits per heavy atom. The molecule has 3 N–H and O–H groups in total. The van der Waals surface area contributed by atoms with Crippen LogP contribution in [0.25, 0.3) is 11.0 Å². The minimum Gasteiger partial charge on any atom is -0.407 e. The third kappa shape index (κ3) is 4.78. The molecule has 0 spiro atoms. The SMILES string of the molecule is CN[C@@H]1CCCN(c2c(Br)cnc3[nH]cc(NC(=O)Oc4cnn(Cc5ccccc5)c4)c23)C1. The second-order valence-corrected chi connectivity index (χ2v) is 9.18. The van der Waals surface area contributed by atoms with Crippen LogP contribution < -0.4 is 20.3 Å². The van der Waals surface area contributed by atoms with Crippen molar-refractivity contribution in [2.75, 3.05) is 30.4 Å². The molecule has 5 rings (SSSR count). The Hall–Kier alpha value is -3.37. The van der Waals surface area contributed by atoms with Crippen molar-refractivity contribution >= 4 is 44.4 Å².